The summed E-state index contributed by atoms with van der Waals surface area (Å²) >= 11 is 0. The molecule has 2 aromatic rings. The van der Waals surface area contributed by atoms with E-state index in [2.05, 4.69) is 34.8 Å². The van der Waals surface area contributed by atoms with Gasteiger partial charge in [-0.15, -0.1) is 24.0 Å². The molecule has 0 atom stereocenters. The van der Waals surface area contributed by atoms with Gasteiger partial charge in [-0.2, -0.15) is 0 Å². The zero-order valence-electron chi connectivity index (χ0n) is 18.8. The molecular formula is C23H33FIN5O. The summed E-state index contributed by atoms with van der Waals surface area (Å²) in [6, 6.07) is 14.4. The van der Waals surface area contributed by atoms with E-state index in [0.717, 1.165) is 16.8 Å². The van der Waals surface area contributed by atoms with Gasteiger partial charge in [0.1, 0.15) is 5.82 Å². The average molecular weight is 541 g/mol. The number of benzene rings is 2. The van der Waals surface area contributed by atoms with Crippen LogP contribution in [-0.4, -0.2) is 51.0 Å². The van der Waals surface area contributed by atoms with Crippen LogP contribution in [0.3, 0.4) is 0 Å². The average Bonchev–Trinajstić information content (AvgIpc) is 2.67. The van der Waals surface area contributed by atoms with Crippen molar-refractivity contribution in [3.8, 4) is 0 Å². The normalized spacial score (nSPS) is 11.6. The predicted octanol–water partition coefficient (Wildman–Crippen LogP) is 3.59. The molecule has 0 bridgehead atoms. The monoisotopic (exact) mass is 541 g/mol. The van der Waals surface area contributed by atoms with Crippen LogP contribution in [-0.2, 0) is 16.8 Å². The van der Waals surface area contributed by atoms with Crippen LogP contribution in [0.15, 0.2) is 53.5 Å². The molecule has 6 nitrogen and oxygen atoms in total. The maximum Gasteiger partial charge on any atom is 0.238 e. The molecule has 0 aliphatic heterocycles. The number of aliphatic imine (C=N–C) groups is 1. The van der Waals surface area contributed by atoms with Gasteiger partial charge in [-0.1, -0.05) is 38.1 Å². The van der Waals surface area contributed by atoms with Gasteiger partial charge in [0.05, 0.1) is 6.54 Å². The maximum atomic E-state index is 13.6. The predicted molar refractivity (Wildman–Crippen MR) is 137 cm³/mol. The fraction of sp³-hybridized carbons (Fsp3) is 0.391. The molecule has 8 heteroatoms. The van der Waals surface area contributed by atoms with E-state index >= 15 is 0 Å². The first-order valence-electron chi connectivity index (χ1n) is 9.94. The van der Waals surface area contributed by atoms with E-state index in [1.807, 2.05) is 49.3 Å². The molecule has 0 unspecified atom stereocenters. The zero-order valence-corrected chi connectivity index (χ0v) is 21.2. The van der Waals surface area contributed by atoms with Crippen LogP contribution in [0.2, 0.25) is 0 Å². The lowest BCUT2D eigenvalue weighted by Gasteiger charge is -2.27. The third-order valence-electron chi connectivity index (χ3n) is 4.66. The first-order valence-corrected chi connectivity index (χ1v) is 9.94. The maximum absolute atomic E-state index is 13.6. The number of likely N-dealkylation sites (N-methyl/N-ethyl adjacent to an activating group) is 1. The number of rotatable bonds is 8. The second-order valence-corrected chi connectivity index (χ2v) is 8.16. The zero-order chi connectivity index (χ0) is 22.1. The molecule has 0 aliphatic carbocycles. The Bertz CT molecular complexity index is 886. The molecule has 0 aromatic heterocycles. The summed E-state index contributed by atoms with van der Waals surface area (Å²) in [4.78, 5) is 18.0. The summed E-state index contributed by atoms with van der Waals surface area (Å²) in [5.74, 6) is 0.365. The summed E-state index contributed by atoms with van der Waals surface area (Å²) in [6.07, 6.45) is 0. The fourth-order valence-electron chi connectivity index (χ4n) is 2.97. The molecule has 170 valence electrons. The number of anilines is 1. The molecular weight excluding hydrogens is 508 g/mol. The smallest absolute Gasteiger partial charge is 0.238 e. The van der Waals surface area contributed by atoms with Gasteiger partial charge in [-0.25, -0.2) is 4.39 Å². The van der Waals surface area contributed by atoms with Crippen LogP contribution in [0.5, 0.6) is 0 Å². The van der Waals surface area contributed by atoms with Crippen molar-refractivity contribution < 1.29 is 9.18 Å². The van der Waals surface area contributed by atoms with Gasteiger partial charge >= 0.3 is 0 Å². The highest BCUT2D eigenvalue weighted by Gasteiger charge is 2.21. The van der Waals surface area contributed by atoms with Crippen molar-refractivity contribution in [3.63, 3.8) is 0 Å². The molecule has 0 heterocycles. The van der Waals surface area contributed by atoms with Crippen LogP contribution < -0.4 is 16.0 Å². The summed E-state index contributed by atoms with van der Waals surface area (Å²) in [5, 5.41) is 9.48. The molecule has 2 rings (SSSR count). The van der Waals surface area contributed by atoms with Crippen LogP contribution in [0, 0.1) is 5.82 Å². The van der Waals surface area contributed by atoms with Gasteiger partial charge in [-0.3, -0.25) is 9.79 Å². The number of amides is 1. The first-order chi connectivity index (χ1) is 14.2. The summed E-state index contributed by atoms with van der Waals surface area (Å²) < 4.78 is 13.6. The van der Waals surface area contributed by atoms with Gasteiger partial charge in [0, 0.05) is 31.2 Å². The number of nitrogens with one attached hydrogen (secondary N) is 3. The molecule has 0 radical (unpaired) electrons. The fourth-order valence-corrected chi connectivity index (χ4v) is 2.97. The van der Waals surface area contributed by atoms with E-state index in [9.17, 15) is 9.18 Å². The minimum Gasteiger partial charge on any atom is -0.356 e. The van der Waals surface area contributed by atoms with Crippen LogP contribution >= 0.6 is 24.0 Å². The van der Waals surface area contributed by atoms with Crippen LogP contribution in [0.25, 0.3) is 0 Å². The van der Waals surface area contributed by atoms with Gasteiger partial charge in [0.15, 0.2) is 5.96 Å². The molecule has 0 spiro atoms. The number of nitrogens with zero attached hydrogens (tertiary/aromatic N) is 2. The summed E-state index contributed by atoms with van der Waals surface area (Å²) in [5.41, 5.74) is 2.43. The van der Waals surface area contributed by atoms with Crippen molar-refractivity contribution in [2.45, 2.75) is 25.8 Å². The Hall–Kier alpha value is -2.20. The number of hydrogen-bond acceptors (Lipinski definition) is 3. The largest absolute Gasteiger partial charge is 0.356 e. The van der Waals surface area contributed by atoms with Crippen molar-refractivity contribution in [3.05, 3.63) is 65.5 Å². The minimum absolute atomic E-state index is 0. The Morgan fingerprint density at radius 1 is 1.10 bits per heavy atom. The van der Waals surface area contributed by atoms with Gasteiger partial charge in [0.2, 0.25) is 5.91 Å². The summed E-state index contributed by atoms with van der Waals surface area (Å²) in [6.45, 7) is 5.60. The topological polar surface area (TPSA) is 68.8 Å². The standard InChI is InChI=1S/C23H32FN5O.HI/c1-23(2,18-9-7-10-19(24)13-18)16-27-22(25-3)26-14-17-8-6-11-20(12-17)28-21(30)15-29(4)5;/h6-13H,14-16H2,1-5H3,(H,28,30)(H2,25,26,27);1H. The van der Waals surface area contributed by atoms with Crippen LogP contribution in [0.4, 0.5) is 10.1 Å². The van der Waals surface area contributed by atoms with Crippen molar-refractivity contribution in [2.24, 2.45) is 4.99 Å². The Balaban J connectivity index is 0.00000480. The summed E-state index contributed by atoms with van der Waals surface area (Å²) in [7, 11) is 5.42. The lowest BCUT2D eigenvalue weighted by Crippen LogP contribution is -2.43. The molecule has 0 fully saturated rings. The van der Waals surface area contributed by atoms with Crippen molar-refractivity contribution in [1.82, 2.24) is 15.5 Å². The lowest BCUT2D eigenvalue weighted by molar-refractivity contribution is -0.116. The van der Waals surface area contributed by atoms with Crippen LogP contribution in [0.1, 0.15) is 25.0 Å². The second-order valence-electron chi connectivity index (χ2n) is 8.16. The van der Waals surface area contributed by atoms with E-state index in [1.165, 1.54) is 6.07 Å². The quantitative estimate of drug-likeness (QED) is 0.272. The highest BCUT2D eigenvalue weighted by Crippen LogP contribution is 2.22. The van der Waals surface area contributed by atoms with Crippen molar-refractivity contribution >= 4 is 41.5 Å². The number of hydrogen-bond donors (Lipinski definition) is 3. The number of carbonyl (C=O) groups is 1. The molecule has 0 saturated heterocycles. The molecule has 3 N–H and O–H groups in total. The third-order valence-corrected chi connectivity index (χ3v) is 4.66. The molecule has 0 saturated carbocycles. The Labute approximate surface area is 201 Å². The molecule has 2 aromatic carbocycles. The highest BCUT2D eigenvalue weighted by atomic mass is 127. The lowest BCUT2D eigenvalue weighted by atomic mass is 9.84. The van der Waals surface area contributed by atoms with E-state index < -0.39 is 0 Å². The minimum atomic E-state index is -0.268. The van der Waals surface area contributed by atoms with Crippen molar-refractivity contribution in [1.29, 1.82) is 0 Å². The Morgan fingerprint density at radius 3 is 2.45 bits per heavy atom. The van der Waals surface area contributed by atoms with Gasteiger partial charge in [0.25, 0.3) is 0 Å². The third kappa shape index (κ3) is 9.22. The van der Waals surface area contributed by atoms with E-state index in [4.69, 9.17) is 0 Å². The van der Waals surface area contributed by atoms with Crippen molar-refractivity contribution in [2.75, 3.05) is 39.5 Å². The molecule has 0 aliphatic rings. The Kier molecular flexibility index (Phi) is 10.9. The molecule has 1 amide bonds. The van der Waals surface area contributed by atoms with Gasteiger partial charge in [-0.05, 0) is 49.5 Å². The number of halogens is 2. The number of carbonyl (C=O) groups excluding carboxylic acids is 1. The van der Waals surface area contributed by atoms with Gasteiger partial charge < -0.3 is 20.9 Å². The van der Waals surface area contributed by atoms with E-state index in [0.29, 0.717) is 25.6 Å². The number of guanidine groups is 1. The SMILES string of the molecule is CN=C(NCc1cccc(NC(=O)CN(C)C)c1)NCC(C)(C)c1cccc(F)c1.I. The Morgan fingerprint density at radius 2 is 1.81 bits per heavy atom. The second kappa shape index (κ2) is 12.6. The van der Waals surface area contributed by atoms with E-state index in [1.54, 1.807) is 19.2 Å². The van der Waals surface area contributed by atoms with E-state index in [-0.39, 0.29) is 41.1 Å². The first kappa shape index (κ1) is 26.8. The highest BCUT2D eigenvalue weighted by molar-refractivity contribution is 14.0. The molecule has 31 heavy (non-hydrogen) atoms.